The summed E-state index contributed by atoms with van der Waals surface area (Å²) >= 11 is 1.98. The minimum absolute atomic E-state index is 0.230. The van der Waals surface area contributed by atoms with E-state index in [4.69, 9.17) is 5.73 Å². The van der Waals surface area contributed by atoms with Crippen molar-refractivity contribution in [3.8, 4) is 0 Å². The Morgan fingerprint density at radius 3 is 2.26 bits per heavy atom. The largest absolute Gasteiger partial charge is 0.324 e. The van der Waals surface area contributed by atoms with Crippen LogP contribution >= 0.6 is 22.6 Å². The molecule has 0 amide bonds. The summed E-state index contributed by atoms with van der Waals surface area (Å²) < 4.78 is 40.0. The van der Waals surface area contributed by atoms with E-state index in [1.54, 1.807) is 6.07 Å². The lowest BCUT2D eigenvalue weighted by atomic mass is 9.99. The Balaban J connectivity index is 2.23. The van der Waals surface area contributed by atoms with Gasteiger partial charge in [0.1, 0.15) is 17.5 Å². The average molecular weight is 377 g/mol. The molecule has 5 heteroatoms. The molecule has 1 atom stereocenters. The van der Waals surface area contributed by atoms with Crippen molar-refractivity contribution in [2.45, 2.75) is 12.5 Å². The standard InChI is InChI=1S/C14H11F3IN/c15-9-2-1-8(12(17)6-9)5-14(19)11-4-3-10(16)7-13(11)18/h1-4,6-7,14H,5,19H2. The molecular formula is C14H11F3IN. The fraction of sp³-hybridized carbons (Fsp3) is 0.143. The number of halogens is 4. The van der Waals surface area contributed by atoms with Crippen molar-refractivity contribution in [2.75, 3.05) is 0 Å². The zero-order valence-corrected chi connectivity index (χ0v) is 12.0. The van der Waals surface area contributed by atoms with Crippen LogP contribution in [0.15, 0.2) is 36.4 Å². The molecule has 0 heterocycles. The van der Waals surface area contributed by atoms with E-state index in [0.717, 1.165) is 11.6 Å². The maximum atomic E-state index is 13.5. The van der Waals surface area contributed by atoms with Gasteiger partial charge in [0.2, 0.25) is 0 Å². The first-order valence-electron chi connectivity index (χ1n) is 5.62. The fourth-order valence-corrected chi connectivity index (χ4v) is 2.71. The maximum Gasteiger partial charge on any atom is 0.129 e. The SMILES string of the molecule is NC(Cc1ccc(F)cc1F)c1ccc(F)cc1I. The van der Waals surface area contributed by atoms with Gasteiger partial charge in [-0.1, -0.05) is 12.1 Å². The summed E-state index contributed by atoms with van der Waals surface area (Å²) in [6.07, 6.45) is 0.230. The molecule has 2 aromatic rings. The molecule has 100 valence electrons. The number of nitrogens with two attached hydrogens (primary N) is 1. The summed E-state index contributed by atoms with van der Waals surface area (Å²) in [4.78, 5) is 0. The minimum Gasteiger partial charge on any atom is -0.324 e. The Bertz CT molecular complexity index is 601. The van der Waals surface area contributed by atoms with E-state index < -0.39 is 17.7 Å². The number of benzene rings is 2. The van der Waals surface area contributed by atoms with Gasteiger partial charge >= 0.3 is 0 Å². The van der Waals surface area contributed by atoms with Crippen LogP contribution in [-0.4, -0.2) is 0 Å². The molecule has 19 heavy (non-hydrogen) atoms. The lowest BCUT2D eigenvalue weighted by Crippen LogP contribution is -2.15. The van der Waals surface area contributed by atoms with Crippen molar-refractivity contribution in [3.05, 3.63) is 68.5 Å². The molecule has 0 aliphatic carbocycles. The highest BCUT2D eigenvalue weighted by atomic mass is 127. The lowest BCUT2D eigenvalue weighted by Gasteiger charge is -2.14. The Morgan fingerprint density at radius 2 is 1.63 bits per heavy atom. The van der Waals surface area contributed by atoms with Gasteiger partial charge in [-0.3, -0.25) is 0 Å². The van der Waals surface area contributed by atoms with Crippen molar-refractivity contribution in [1.29, 1.82) is 0 Å². The zero-order valence-electron chi connectivity index (χ0n) is 9.84. The molecule has 0 aromatic heterocycles. The predicted octanol–water partition coefficient (Wildman–Crippen LogP) is 3.95. The third kappa shape index (κ3) is 3.48. The third-order valence-corrected chi connectivity index (χ3v) is 3.75. The quantitative estimate of drug-likeness (QED) is 0.806. The van der Waals surface area contributed by atoms with Gasteiger partial charge in [0, 0.05) is 15.7 Å². The highest BCUT2D eigenvalue weighted by molar-refractivity contribution is 14.1. The Morgan fingerprint density at radius 1 is 1.00 bits per heavy atom. The topological polar surface area (TPSA) is 26.0 Å². The maximum absolute atomic E-state index is 13.5. The first kappa shape index (κ1) is 14.3. The summed E-state index contributed by atoms with van der Waals surface area (Å²) in [5.74, 6) is -1.58. The fourth-order valence-electron chi connectivity index (χ4n) is 1.84. The molecule has 0 fully saturated rings. The number of hydrogen-bond acceptors (Lipinski definition) is 1. The molecule has 2 N–H and O–H groups in total. The van der Waals surface area contributed by atoms with Crippen molar-refractivity contribution in [1.82, 2.24) is 0 Å². The van der Waals surface area contributed by atoms with Crippen molar-refractivity contribution in [2.24, 2.45) is 5.73 Å². The van der Waals surface area contributed by atoms with E-state index in [1.165, 1.54) is 24.3 Å². The van der Waals surface area contributed by atoms with E-state index >= 15 is 0 Å². The van der Waals surface area contributed by atoms with Gasteiger partial charge in [-0.05, 0) is 58.3 Å². The van der Waals surface area contributed by atoms with Crippen LogP contribution in [0.2, 0.25) is 0 Å². The van der Waals surface area contributed by atoms with Crippen molar-refractivity contribution in [3.63, 3.8) is 0 Å². The summed E-state index contributed by atoms with van der Waals surface area (Å²) in [7, 11) is 0. The second kappa shape index (κ2) is 5.92. The minimum atomic E-state index is -0.619. The van der Waals surface area contributed by atoms with E-state index in [1.807, 2.05) is 22.6 Å². The summed E-state index contributed by atoms with van der Waals surface area (Å²) in [6.45, 7) is 0. The molecule has 0 saturated heterocycles. The van der Waals surface area contributed by atoms with Crippen molar-refractivity contribution >= 4 is 22.6 Å². The first-order chi connectivity index (χ1) is 8.97. The molecule has 0 radical (unpaired) electrons. The molecule has 1 nitrogen and oxygen atoms in total. The molecule has 2 aromatic carbocycles. The van der Waals surface area contributed by atoms with Gasteiger partial charge in [0.15, 0.2) is 0 Å². The molecular weight excluding hydrogens is 366 g/mol. The number of rotatable bonds is 3. The summed E-state index contributed by atoms with van der Waals surface area (Å²) in [5.41, 5.74) is 7.08. The second-order valence-electron chi connectivity index (χ2n) is 4.21. The van der Waals surface area contributed by atoms with Gasteiger partial charge in [-0.2, -0.15) is 0 Å². The van der Waals surface area contributed by atoms with E-state index in [2.05, 4.69) is 0 Å². The average Bonchev–Trinajstić information content (AvgIpc) is 2.32. The second-order valence-corrected chi connectivity index (χ2v) is 5.37. The van der Waals surface area contributed by atoms with E-state index in [-0.39, 0.29) is 12.2 Å². The highest BCUT2D eigenvalue weighted by Crippen LogP contribution is 2.23. The third-order valence-electron chi connectivity index (χ3n) is 2.82. The van der Waals surface area contributed by atoms with Crippen molar-refractivity contribution < 1.29 is 13.2 Å². The highest BCUT2D eigenvalue weighted by Gasteiger charge is 2.14. The van der Waals surface area contributed by atoms with Gasteiger partial charge < -0.3 is 5.73 Å². The van der Waals surface area contributed by atoms with E-state index in [9.17, 15) is 13.2 Å². The Kier molecular flexibility index (Phi) is 4.46. The molecule has 0 bridgehead atoms. The molecule has 0 spiro atoms. The molecule has 1 unspecified atom stereocenters. The zero-order chi connectivity index (χ0) is 14.0. The smallest absolute Gasteiger partial charge is 0.129 e. The molecule has 2 rings (SSSR count). The lowest BCUT2D eigenvalue weighted by molar-refractivity contribution is 0.562. The van der Waals surface area contributed by atoms with E-state index in [0.29, 0.717) is 9.13 Å². The summed E-state index contributed by atoms with van der Waals surface area (Å²) in [5, 5.41) is 0. The van der Waals surface area contributed by atoms with Crippen LogP contribution in [0, 0.1) is 21.0 Å². The van der Waals surface area contributed by atoms with Gasteiger partial charge in [-0.15, -0.1) is 0 Å². The molecule has 0 aliphatic heterocycles. The van der Waals surface area contributed by atoms with Gasteiger partial charge in [-0.25, -0.2) is 13.2 Å². The van der Waals surface area contributed by atoms with Crippen LogP contribution in [0.5, 0.6) is 0 Å². The predicted molar refractivity (Wildman–Crippen MR) is 76.1 cm³/mol. The first-order valence-corrected chi connectivity index (χ1v) is 6.69. The van der Waals surface area contributed by atoms with Crippen LogP contribution in [0.3, 0.4) is 0 Å². The van der Waals surface area contributed by atoms with Crippen LogP contribution < -0.4 is 5.73 Å². The summed E-state index contributed by atoms with van der Waals surface area (Å²) in [6, 6.07) is 7.21. The number of hydrogen-bond donors (Lipinski definition) is 1. The van der Waals surface area contributed by atoms with Crippen LogP contribution in [-0.2, 0) is 6.42 Å². The van der Waals surface area contributed by atoms with Crippen LogP contribution in [0.25, 0.3) is 0 Å². The normalized spacial score (nSPS) is 12.5. The van der Waals surface area contributed by atoms with Gasteiger partial charge in [0.05, 0.1) is 0 Å². The Labute approximate surface area is 122 Å². The monoisotopic (exact) mass is 377 g/mol. The molecule has 0 aliphatic rings. The van der Waals surface area contributed by atoms with Crippen LogP contribution in [0.1, 0.15) is 17.2 Å². The Hall–Kier alpha value is -1.08. The van der Waals surface area contributed by atoms with Crippen LogP contribution in [0.4, 0.5) is 13.2 Å². The van der Waals surface area contributed by atoms with Gasteiger partial charge in [0.25, 0.3) is 0 Å². The molecule has 0 saturated carbocycles.